The monoisotopic (exact) mass is 478 g/mol. The molecule has 2 atom stereocenters. The van der Waals surface area contributed by atoms with Crippen molar-refractivity contribution in [1.82, 2.24) is 9.80 Å². The molecular weight excluding hydrogens is 444 g/mol. The Morgan fingerprint density at radius 3 is 2.74 bits per heavy atom. The van der Waals surface area contributed by atoms with E-state index in [0.717, 1.165) is 36.3 Å². The summed E-state index contributed by atoms with van der Waals surface area (Å²) < 4.78 is 11.6. The summed E-state index contributed by atoms with van der Waals surface area (Å²) in [6.07, 6.45) is 2.37. The minimum absolute atomic E-state index is 0.0653. The Morgan fingerprint density at radius 2 is 2.00 bits per heavy atom. The molecule has 4 rings (SSSR count). The van der Waals surface area contributed by atoms with Gasteiger partial charge in [-0.05, 0) is 81.9 Å². The highest BCUT2D eigenvalue weighted by Crippen LogP contribution is 2.41. The van der Waals surface area contributed by atoms with Gasteiger partial charge in [-0.15, -0.1) is 0 Å². The van der Waals surface area contributed by atoms with E-state index in [-0.39, 0.29) is 17.4 Å². The van der Waals surface area contributed by atoms with E-state index in [0.29, 0.717) is 30.9 Å². The molecule has 0 radical (unpaired) electrons. The molecule has 2 aromatic rings. The van der Waals surface area contributed by atoms with Crippen molar-refractivity contribution in [3.63, 3.8) is 0 Å². The van der Waals surface area contributed by atoms with Gasteiger partial charge in [0.2, 0.25) is 0 Å². The molecule has 186 valence electrons. The van der Waals surface area contributed by atoms with Gasteiger partial charge in [0, 0.05) is 18.5 Å². The fraction of sp³-hybridized carbons (Fsp3) is 0.429. The zero-order valence-electron chi connectivity index (χ0n) is 20.9. The summed E-state index contributed by atoms with van der Waals surface area (Å²) in [4.78, 5) is 30.1. The van der Waals surface area contributed by atoms with Crippen LogP contribution in [0.15, 0.2) is 48.0 Å². The number of carbonyl (C=O) groups excluding carboxylic acids is 2. The third kappa shape index (κ3) is 5.20. The number of hydrogen-bond acceptors (Lipinski definition) is 6. The Kier molecular flexibility index (Phi) is 7.45. The molecule has 2 heterocycles. The first-order chi connectivity index (χ1) is 16.8. The average molecular weight is 479 g/mol. The summed E-state index contributed by atoms with van der Waals surface area (Å²) in [5, 5.41) is 11.4. The Bertz CT molecular complexity index is 1140. The second-order valence-corrected chi connectivity index (χ2v) is 9.53. The Hall–Kier alpha value is -3.32. The first-order valence-corrected chi connectivity index (χ1v) is 12.3. The quantitative estimate of drug-likeness (QED) is 0.331. The highest BCUT2D eigenvalue weighted by atomic mass is 16.5. The van der Waals surface area contributed by atoms with E-state index in [4.69, 9.17) is 9.47 Å². The Morgan fingerprint density at radius 1 is 1.20 bits per heavy atom. The molecule has 1 amide bonds. The molecule has 1 fully saturated rings. The van der Waals surface area contributed by atoms with Gasteiger partial charge in [0.25, 0.3) is 11.7 Å². The number of amides is 1. The number of benzene rings is 2. The molecule has 0 unspecified atom stereocenters. The zero-order chi connectivity index (χ0) is 25.1. The lowest BCUT2D eigenvalue weighted by atomic mass is 9.94. The van der Waals surface area contributed by atoms with Crippen LogP contribution < -0.4 is 9.47 Å². The molecule has 1 saturated heterocycles. The summed E-state index contributed by atoms with van der Waals surface area (Å²) in [7, 11) is 3.94. The molecule has 0 aromatic heterocycles. The number of fused-ring (bicyclic) bond motifs is 1. The molecule has 2 aromatic carbocycles. The fourth-order valence-electron chi connectivity index (χ4n) is 4.73. The molecular formula is C28H34N2O5. The SMILES string of the molecule is CCCOc1cccc([C@@H]2/C(=C(\O)c3ccc4c(c3)C[C@@H](C)O4)C(=O)C(=O)N2CCCN(C)C)c1. The lowest BCUT2D eigenvalue weighted by molar-refractivity contribution is -0.139. The summed E-state index contributed by atoms with van der Waals surface area (Å²) in [5.74, 6) is 0.0451. The molecule has 7 heteroatoms. The number of hydrogen-bond donors (Lipinski definition) is 1. The molecule has 0 aliphatic carbocycles. The highest BCUT2D eigenvalue weighted by Gasteiger charge is 2.46. The number of carbonyl (C=O) groups is 2. The first-order valence-electron chi connectivity index (χ1n) is 12.3. The van der Waals surface area contributed by atoms with Gasteiger partial charge < -0.3 is 24.4 Å². The second kappa shape index (κ2) is 10.5. The van der Waals surface area contributed by atoms with Crippen LogP contribution in [0.1, 0.15) is 49.4 Å². The maximum Gasteiger partial charge on any atom is 0.295 e. The van der Waals surface area contributed by atoms with Crippen molar-refractivity contribution in [1.29, 1.82) is 0 Å². The van der Waals surface area contributed by atoms with Crippen LogP contribution in [-0.2, 0) is 16.0 Å². The third-order valence-corrected chi connectivity index (χ3v) is 6.36. The lowest BCUT2D eigenvalue weighted by Crippen LogP contribution is -2.32. The highest BCUT2D eigenvalue weighted by molar-refractivity contribution is 6.46. The van der Waals surface area contributed by atoms with Crippen LogP contribution in [-0.4, -0.2) is 66.5 Å². The molecule has 0 spiro atoms. The van der Waals surface area contributed by atoms with Crippen LogP contribution >= 0.6 is 0 Å². The number of rotatable bonds is 9. The lowest BCUT2D eigenvalue weighted by Gasteiger charge is -2.26. The van der Waals surface area contributed by atoms with Gasteiger partial charge in [-0.25, -0.2) is 0 Å². The molecule has 2 aliphatic rings. The van der Waals surface area contributed by atoms with E-state index in [1.807, 2.05) is 69.2 Å². The van der Waals surface area contributed by atoms with Gasteiger partial charge in [0.15, 0.2) is 0 Å². The van der Waals surface area contributed by atoms with Crippen molar-refractivity contribution < 1.29 is 24.2 Å². The van der Waals surface area contributed by atoms with Gasteiger partial charge in [-0.3, -0.25) is 9.59 Å². The van der Waals surface area contributed by atoms with Gasteiger partial charge in [0.1, 0.15) is 23.4 Å². The molecule has 1 N–H and O–H groups in total. The van der Waals surface area contributed by atoms with E-state index < -0.39 is 17.7 Å². The predicted molar refractivity (Wildman–Crippen MR) is 135 cm³/mol. The number of Topliss-reactive ketones (excluding diaryl/α,β-unsaturated/α-hetero) is 1. The van der Waals surface area contributed by atoms with Crippen molar-refractivity contribution in [2.75, 3.05) is 33.8 Å². The van der Waals surface area contributed by atoms with E-state index in [1.54, 1.807) is 11.0 Å². The van der Waals surface area contributed by atoms with E-state index in [1.165, 1.54) is 0 Å². The number of aliphatic hydroxyl groups excluding tert-OH is 1. The van der Waals surface area contributed by atoms with Crippen LogP contribution in [0, 0.1) is 0 Å². The minimum Gasteiger partial charge on any atom is -0.507 e. The number of nitrogens with zero attached hydrogens (tertiary/aromatic N) is 2. The zero-order valence-corrected chi connectivity index (χ0v) is 20.9. The maximum atomic E-state index is 13.3. The summed E-state index contributed by atoms with van der Waals surface area (Å²) in [6.45, 7) is 5.78. The number of ketones is 1. The van der Waals surface area contributed by atoms with Gasteiger partial charge in [-0.2, -0.15) is 0 Å². The average Bonchev–Trinajstić information content (AvgIpc) is 3.33. The number of likely N-dealkylation sites (tertiary alicyclic amines) is 1. The smallest absolute Gasteiger partial charge is 0.295 e. The van der Waals surface area contributed by atoms with Crippen LogP contribution in [0.5, 0.6) is 11.5 Å². The Labute approximate surface area is 206 Å². The van der Waals surface area contributed by atoms with Crippen molar-refractivity contribution in [2.45, 2.75) is 45.3 Å². The minimum atomic E-state index is -0.689. The molecule has 0 saturated carbocycles. The summed E-state index contributed by atoms with van der Waals surface area (Å²) >= 11 is 0. The topological polar surface area (TPSA) is 79.3 Å². The maximum absolute atomic E-state index is 13.3. The second-order valence-electron chi connectivity index (χ2n) is 9.53. The number of aliphatic hydroxyl groups is 1. The predicted octanol–water partition coefficient (Wildman–Crippen LogP) is 4.17. The van der Waals surface area contributed by atoms with Crippen molar-refractivity contribution in [2.24, 2.45) is 0 Å². The van der Waals surface area contributed by atoms with Crippen LogP contribution in [0.4, 0.5) is 0 Å². The van der Waals surface area contributed by atoms with E-state index in [9.17, 15) is 14.7 Å². The van der Waals surface area contributed by atoms with Crippen molar-refractivity contribution in [3.8, 4) is 11.5 Å². The fourth-order valence-corrected chi connectivity index (χ4v) is 4.73. The van der Waals surface area contributed by atoms with E-state index >= 15 is 0 Å². The normalized spacial score (nSPS) is 20.9. The molecule has 7 nitrogen and oxygen atoms in total. The van der Waals surface area contributed by atoms with E-state index in [2.05, 4.69) is 0 Å². The third-order valence-electron chi connectivity index (χ3n) is 6.36. The van der Waals surface area contributed by atoms with Gasteiger partial charge in [0.05, 0.1) is 18.2 Å². The van der Waals surface area contributed by atoms with Crippen LogP contribution in [0.2, 0.25) is 0 Å². The van der Waals surface area contributed by atoms with Crippen molar-refractivity contribution >= 4 is 17.4 Å². The first kappa shape index (κ1) is 24.8. The van der Waals surface area contributed by atoms with Gasteiger partial charge in [-0.1, -0.05) is 19.1 Å². The van der Waals surface area contributed by atoms with Crippen LogP contribution in [0.3, 0.4) is 0 Å². The van der Waals surface area contributed by atoms with Crippen molar-refractivity contribution in [3.05, 3.63) is 64.7 Å². The summed E-state index contributed by atoms with van der Waals surface area (Å²) in [5.41, 5.74) is 2.34. The Balaban J connectivity index is 1.77. The van der Waals surface area contributed by atoms with Gasteiger partial charge >= 0.3 is 0 Å². The molecule has 35 heavy (non-hydrogen) atoms. The standard InChI is InChI=1S/C28H34N2O5/c1-5-14-34-22-9-6-8-19(17-22)25-24(27(32)28(33)30(25)13-7-12-29(3)4)26(31)20-10-11-23-21(16-20)15-18(2)35-23/h6,8-11,16-18,25,31H,5,7,12-15H2,1-4H3/b26-24+/t18-,25-/m1/s1. The molecule has 0 bridgehead atoms. The summed E-state index contributed by atoms with van der Waals surface area (Å²) in [6, 6.07) is 12.2. The number of ether oxygens (including phenoxy) is 2. The largest absolute Gasteiger partial charge is 0.507 e. The van der Waals surface area contributed by atoms with Crippen LogP contribution in [0.25, 0.3) is 5.76 Å². The molecule has 2 aliphatic heterocycles.